The molecule has 6 heterocycles. The van der Waals surface area contributed by atoms with Gasteiger partial charge in [0.15, 0.2) is 15.5 Å². The zero-order valence-electron chi connectivity index (χ0n) is 43.3. The summed E-state index contributed by atoms with van der Waals surface area (Å²) in [6, 6.07) is 23.0. The van der Waals surface area contributed by atoms with Crippen LogP contribution in [0.25, 0.3) is 49.9 Å². The Morgan fingerprint density at radius 3 is 1.96 bits per heavy atom. The topological polar surface area (TPSA) is 170 Å². The number of aromatic nitrogens is 7. The standard InChI is InChI=1S/C60H47F8N9O4S/c1-82(80,81)43-8-4-7-35(24-43)44-10-5-14-69-56(44)50(21-33-17-39(61)26-40(62)18-33)73-54(78)25-38-30-71-49-29-53(48(65)28-47(38)49)76-16-13-36-23-37(31-72-59(36)76)45-11-6-15-70-57(45)51(22-34-19-41(63)27-42(64)20-34)74-55(79)32-77-52-12-3-2-9-46(52)58(75-77)60(66,67)68/h4-8,10-11,13-20,23-24,26-31,50-51,71H,2-3,9,12,21-22,25,32H2,1H3,(H,73,78)(H,74,79)/t50-,51-/m0/s1. The number of rotatable bonds is 16. The number of carbonyl (C=O) groups is 2. The number of halogens is 8. The van der Waals surface area contributed by atoms with Crippen LogP contribution in [0.2, 0.25) is 0 Å². The van der Waals surface area contributed by atoms with Gasteiger partial charge in [-0.05, 0) is 134 Å². The molecule has 3 N–H and O–H groups in total. The van der Waals surface area contributed by atoms with Crippen molar-refractivity contribution >= 4 is 43.6 Å². The number of pyridine rings is 3. The summed E-state index contributed by atoms with van der Waals surface area (Å²) in [5, 5.41) is 10.5. The Kier molecular flexibility index (Phi) is 14.8. The normalized spacial score (nSPS) is 13.5. The van der Waals surface area contributed by atoms with Gasteiger partial charge >= 0.3 is 6.18 Å². The molecule has 0 saturated heterocycles. The van der Waals surface area contributed by atoms with E-state index in [1.807, 2.05) is 0 Å². The van der Waals surface area contributed by atoms with Crippen LogP contribution < -0.4 is 10.6 Å². The number of carbonyl (C=O) groups excluding carboxylic acids is 2. The second kappa shape index (κ2) is 22.1. The maximum absolute atomic E-state index is 16.5. The average molecular weight is 1140 g/mol. The molecule has 1 aliphatic carbocycles. The minimum Gasteiger partial charge on any atom is -0.361 e. The van der Waals surface area contributed by atoms with Crippen molar-refractivity contribution in [1.82, 2.24) is 44.9 Å². The van der Waals surface area contributed by atoms with Gasteiger partial charge in [0.2, 0.25) is 11.8 Å². The number of hydrogen-bond donors (Lipinski definition) is 3. The summed E-state index contributed by atoms with van der Waals surface area (Å²) in [5.41, 5.74) is 3.44. The predicted octanol–water partition coefficient (Wildman–Crippen LogP) is 11.6. The Morgan fingerprint density at radius 2 is 1.33 bits per heavy atom. The first-order chi connectivity index (χ1) is 39.2. The van der Waals surface area contributed by atoms with Gasteiger partial charge in [0.05, 0.1) is 40.5 Å². The maximum Gasteiger partial charge on any atom is 0.435 e. The van der Waals surface area contributed by atoms with Gasteiger partial charge in [-0.2, -0.15) is 18.3 Å². The van der Waals surface area contributed by atoms with Gasteiger partial charge in [0.25, 0.3) is 0 Å². The number of nitrogens with zero attached hydrogens (tertiary/aromatic N) is 6. The lowest BCUT2D eigenvalue weighted by Gasteiger charge is -2.22. The van der Waals surface area contributed by atoms with Crippen LogP contribution in [0.1, 0.15) is 70.0 Å². The van der Waals surface area contributed by atoms with Crippen LogP contribution in [0.15, 0.2) is 145 Å². The third-order valence-electron chi connectivity index (χ3n) is 14.4. The average Bonchev–Trinajstić information content (AvgIpc) is 4.27. The molecule has 0 radical (unpaired) electrons. The number of nitrogens with one attached hydrogen (secondary N) is 3. The minimum absolute atomic E-state index is 0.0467. The molecule has 11 rings (SSSR count). The van der Waals surface area contributed by atoms with Crippen LogP contribution in [0.4, 0.5) is 35.1 Å². The number of fused-ring (bicyclic) bond motifs is 3. The van der Waals surface area contributed by atoms with Crippen LogP contribution in [0.5, 0.6) is 0 Å². The first-order valence-electron chi connectivity index (χ1n) is 25.8. The first kappa shape index (κ1) is 54.9. The van der Waals surface area contributed by atoms with E-state index >= 15 is 4.39 Å². The molecule has 0 fully saturated rings. The van der Waals surface area contributed by atoms with Crippen LogP contribution >= 0.6 is 0 Å². The summed E-state index contributed by atoms with van der Waals surface area (Å²) >= 11 is 0. The van der Waals surface area contributed by atoms with E-state index in [1.165, 1.54) is 41.4 Å². The quantitative estimate of drug-likeness (QED) is 0.0803. The molecule has 82 heavy (non-hydrogen) atoms. The smallest absolute Gasteiger partial charge is 0.361 e. The second-order valence-electron chi connectivity index (χ2n) is 20.2. The molecule has 2 atom stereocenters. The van der Waals surface area contributed by atoms with Crippen molar-refractivity contribution in [3.8, 4) is 27.9 Å². The SMILES string of the molecule is CS(=O)(=O)c1cccc(-c2cccnc2[C@H](Cc2cc(F)cc(F)c2)NC(=O)Cc2c[nH]c3cc(-n4ccc5cc(-c6cccnc6[C@H](Cc6cc(F)cc(F)c6)NC(=O)Cn6nc(C(F)(F)F)c7c6CCCC7)cnc54)c(F)cc23)c1. The van der Waals surface area contributed by atoms with E-state index in [1.54, 1.807) is 67.0 Å². The molecule has 10 aromatic rings. The van der Waals surface area contributed by atoms with Crippen molar-refractivity contribution in [2.24, 2.45) is 0 Å². The third kappa shape index (κ3) is 11.6. The number of sulfone groups is 1. The highest BCUT2D eigenvalue weighted by Crippen LogP contribution is 2.38. The van der Waals surface area contributed by atoms with E-state index in [2.05, 4.69) is 30.7 Å². The molecule has 418 valence electrons. The third-order valence-corrected chi connectivity index (χ3v) is 15.5. The number of aromatic amines is 1. The van der Waals surface area contributed by atoms with E-state index < -0.39 is 81.2 Å². The lowest BCUT2D eigenvalue weighted by Crippen LogP contribution is -2.34. The highest BCUT2D eigenvalue weighted by Gasteiger charge is 2.40. The number of H-pyrrole nitrogens is 1. The summed E-state index contributed by atoms with van der Waals surface area (Å²) in [5.74, 6) is -5.33. The molecule has 6 aromatic heterocycles. The summed E-state index contributed by atoms with van der Waals surface area (Å²) in [6.07, 6.45) is 5.04. The Labute approximate surface area is 463 Å². The Morgan fingerprint density at radius 1 is 0.707 bits per heavy atom. The van der Waals surface area contributed by atoms with Gasteiger partial charge in [0, 0.05) is 93.6 Å². The lowest BCUT2D eigenvalue weighted by atomic mass is 9.95. The predicted molar refractivity (Wildman–Crippen MR) is 288 cm³/mol. The van der Waals surface area contributed by atoms with E-state index in [-0.39, 0.29) is 58.7 Å². The van der Waals surface area contributed by atoms with Crippen molar-refractivity contribution in [2.45, 2.75) is 74.6 Å². The van der Waals surface area contributed by atoms with Crippen LogP contribution in [-0.4, -0.2) is 60.8 Å². The first-order valence-corrected chi connectivity index (χ1v) is 27.7. The monoisotopic (exact) mass is 1140 g/mol. The maximum atomic E-state index is 16.5. The van der Waals surface area contributed by atoms with E-state index in [0.717, 1.165) is 41.3 Å². The van der Waals surface area contributed by atoms with Gasteiger partial charge < -0.3 is 15.6 Å². The Hall–Kier alpha value is -9.05. The minimum atomic E-state index is -4.73. The number of benzene rings is 4. The molecule has 22 heteroatoms. The molecule has 0 spiro atoms. The fraction of sp³-hybridized carbons (Fsp3) is 0.200. The molecule has 0 aliphatic heterocycles. The molecule has 1 aliphatic rings. The van der Waals surface area contributed by atoms with Gasteiger partial charge in [-0.1, -0.05) is 24.3 Å². The fourth-order valence-corrected chi connectivity index (χ4v) is 11.5. The summed E-state index contributed by atoms with van der Waals surface area (Å²) in [7, 11) is -3.61. The Balaban J connectivity index is 0.863. The van der Waals surface area contributed by atoms with E-state index in [0.29, 0.717) is 86.5 Å². The highest BCUT2D eigenvalue weighted by atomic mass is 32.2. The summed E-state index contributed by atoms with van der Waals surface area (Å²) in [6.45, 7) is -0.566. The van der Waals surface area contributed by atoms with Crippen molar-refractivity contribution in [3.63, 3.8) is 0 Å². The zero-order chi connectivity index (χ0) is 57.6. The molecule has 0 bridgehead atoms. The van der Waals surface area contributed by atoms with Crippen molar-refractivity contribution < 1.29 is 53.1 Å². The number of hydrogen-bond acceptors (Lipinski definition) is 8. The molecular weight excluding hydrogens is 1090 g/mol. The zero-order valence-corrected chi connectivity index (χ0v) is 44.2. The van der Waals surface area contributed by atoms with E-state index in [4.69, 9.17) is 4.98 Å². The van der Waals surface area contributed by atoms with Gasteiger partial charge in [-0.25, -0.2) is 35.4 Å². The van der Waals surface area contributed by atoms with Crippen molar-refractivity contribution in [3.05, 3.63) is 214 Å². The van der Waals surface area contributed by atoms with Crippen LogP contribution in [-0.2, 0) is 64.3 Å². The number of amides is 2. The summed E-state index contributed by atoms with van der Waals surface area (Å²) < 4.78 is 144. The lowest BCUT2D eigenvalue weighted by molar-refractivity contribution is -0.142. The summed E-state index contributed by atoms with van der Waals surface area (Å²) in [4.78, 5) is 45.0. The van der Waals surface area contributed by atoms with Crippen molar-refractivity contribution in [2.75, 3.05) is 6.26 Å². The largest absolute Gasteiger partial charge is 0.435 e. The Bertz CT molecular complexity index is 4210. The second-order valence-corrected chi connectivity index (χ2v) is 22.2. The molecule has 2 amide bonds. The number of alkyl halides is 3. The van der Waals surface area contributed by atoms with Gasteiger partial charge in [-0.3, -0.25) is 28.8 Å². The molecule has 13 nitrogen and oxygen atoms in total. The van der Waals surface area contributed by atoms with E-state index in [9.17, 15) is 48.7 Å². The van der Waals surface area contributed by atoms with Crippen molar-refractivity contribution in [1.29, 1.82) is 0 Å². The molecular formula is C60H47F8N9O4S. The highest BCUT2D eigenvalue weighted by molar-refractivity contribution is 7.90. The van der Waals surface area contributed by atoms with Gasteiger partial charge in [-0.15, -0.1) is 0 Å². The van der Waals surface area contributed by atoms with Crippen LogP contribution in [0.3, 0.4) is 0 Å². The van der Waals surface area contributed by atoms with Crippen LogP contribution in [0, 0.1) is 29.1 Å². The fourth-order valence-electron chi connectivity index (χ4n) is 10.8. The molecule has 0 saturated carbocycles. The molecule has 4 aromatic carbocycles. The van der Waals surface area contributed by atoms with Gasteiger partial charge in [0.1, 0.15) is 41.3 Å². The molecule has 0 unspecified atom stereocenters.